The Kier molecular flexibility index (Phi) is 6.02. The Balaban J connectivity index is 2.88. The molecule has 21 heavy (non-hydrogen) atoms. The Morgan fingerprint density at radius 2 is 2.05 bits per heavy atom. The lowest BCUT2D eigenvalue weighted by Gasteiger charge is -2.12. The van der Waals surface area contributed by atoms with Gasteiger partial charge in [-0.05, 0) is 47.5 Å². The lowest BCUT2D eigenvalue weighted by atomic mass is 10.3. The normalized spacial score (nSPS) is 14.0. The van der Waals surface area contributed by atoms with E-state index in [0.717, 1.165) is 18.2 Å². The van der Waals surface area contributed by atoms with E-state index < -0.39 is 22.1 Å². The minimum Gasteiger partial charge on any atom is -0.406 e. The molecule has 0 saturated carbocycles. The van der Waals surface area contributed by atoms with E-state index in [0.29, 0.717) is 6.42 Å². The summed E-state index contributed by atoms with van der Waals surface area (Å²) in [5, 5.41) is 0. The molecule has 1 rings (SSSR count). The molecule has 3 N–H and O–H groups in total. The first kappa shape index (κ1) is 18.2. The maximum Gasteiger partial charge on any atom is 0.573 e. The van der Waals surface area contributed by atoms with Gasteiger partial charge in [0.1, 0.15) is 5.75 Å². The summed E-state index contributed by atoms with van der Waals surface area (Å²) >= 11 is 2.92. The molecule has 0 saturated heterocycles. The van der Waals surface area contributed by atoms with E-state index in [9.17, 15) is 21.6 Å². The number of nitrogens with one attached hydrogen (secondary N) is 1. The van der Waals surface area contributed by atoms with Gasteiger partial charge in [0.25, 0.3) is 0 Å². The lowest BCUT2D eigenvalue weighted by molar-refractivity contribution is -0.274. The summed E-state index contributed by atoms with van der Waals surface area (Å²) in [6, 6.07) is 2.73. The van der Waals surface area contributed by atoms with Gasteiger partial charge in [-0.2, -0.15) is 0 Å². The Morgan fingerprint density at radius 3 is 2.52 bits per heavy atom. The minimum atomic E-state index is -4.84. The summed E-state index contributed by atoms with van der Waals surface area (Å²) in [6.07, 6.45) is -4.40. The Hall–Kier alpha value is -0.840. The highest BCUT2D eigenvalue weighted by atomic mass is 79.9. The van der Waals surface area contributed by atoms with Crippen LogP contribution in [0.4, 0.5) is 13.2 Å². The molecule has 10 heteroatoms. The van der Waals surface area contributed by atoms with Gasteiger partial charge in [-0.25, -0.2) is 13.1 Å². The molecule has 1 aromatic carbocycles. The van der Waals surface area contributed by atoms with E-state index in [2.05, 4.69) is 25.4 Å². The van der Waals surface area contributed by atoms with Gasteiger partial charge < -0.3 is 10.5 Å². The van der Waals surface area contributed by atoms with E-state index in [4.69, 9.17) is 5.73 Å². The van der Waals surface area contributed by atoms with Crippen LogP contribution in [0, 0.1) is 0 Å². The largest absolute Gasteiger partial charge is 0.573 e. The van der Waals surface area contributed by atoms with Crippen LogP contribution in [-0.4, -0.2) is 27.4 Å². The monoisotopic (exact) mass is 390 g/mol. The number of rotatable bonds is 6. The summed E-state index contributed by atoms with van der Waals surface area (Å²) in [5.74, 6) is -0.510. The van der Waals surface area contributed by atoms with Crippen LogP contribution < -0.4 is 15.2 Å². The molecule has 0 amide bonds. The van der Waals surface area contributed by atoms with Crippen LogP contribution in [0.5, 0.6) is 5.75 Å². The van der Waals surface area contributed by atoms with Crippen LogP contribution in [0.1, 0.15) is 13.3 Å². The quantitative estimate of drug-likeness (QED) is 0.780. The van der Waals surface area contributed by atoms with Crippen LogP contribution in [0.15, 0.2) is 27.6 Å². The van der Waals surface area contributed by atoms with Crippen LogP contribution in [0.25, 0.3) is 0 Å². The first-order valence-electron chi connectivity index (χ1n) is 5.82. The van der Waals surface area contributed by atoms with Crippen LogP contribution in [-0.2, 0) is 10.0 Å². The molecule has 0 heterocycles. The lowest BCUT2D eigenvalue weighted by Crippen LogP contribution is -2.29. The van der Waals surface area contributed by atoms with Crippen molar-refractivity contribution < 1.29 is 26.3 Å². The van der Waals surface area contributed by atoms with Crippen molar-refractivity contribution in [1.29, 1.82) is 0 Å². The molecule has 0 bridgehead atoms. The molecule has 5 nitrogen and oxygen atoms in total. The smallest absolute Gasteiger partial charge is 0.406 e. The van der Waals surface area contributed by atoms with E-state index in [-0.39, 0.29) is 22.0 Å². The molecule has 120 valence electrons. The van der Waals surface area contributed by atoms with E-state index >= 15 is 0 Å². The molecule has 1 aromatic rings. The predicted octanol–water partition coefficient (Wildman–Crippen LogP) is 2.36. The molecule has 1 atom stereocenters. The topological polar surface area (TPSA) is 81.4 Å². The summed E-state index contributed by atoms with van der Waals surface area (Å²) in [4.78, 5) is -0.179. The Morgan fingerprint density at radius 1 is 1.43 bits per heavy atom. The molecule has 0 aliphatic rings. The van der Waals surface area contributed by atoms with Gasteiger partial charge in [0.05, 0.1) is 4.90 Å². The predicted molar refractivity (Wildman–Crippen MR) is 74.3 cm³/mol. The van der Waals surface area contributed by atoms with Crippen LogP contribution in [0.3, 0.4) is 0 Å². The van der Waals surface area contributed by atoms with E-state index in [1.165, 1.54) is 0 Å². The molecule has 0 spiro atoms. The highest BCUT2D eigenvalue weighted by Crippen LogP contribution is 2.29. The molecular weight excluding hydrogens is 377 g/mol. The van der Waals surface area contributed by atoms with Crippen molar-refractivity contribution >= 4 is 26.0 Å². The molecule has 0 fully saturated rings. The number of hydrogen-bond acceptors (Lipinski definition) is 4. The van der Waals surface area contributed by atoms with E-state index in [1.807, 2.05) is 0 Å². The first-order valence-corrected chi connectivity index (χ1v) is 8.09. The number of ether oxygens (including phenoxy) is 1. The summed E-state index contributed by atoms with van der Waals surface area (Å²) in [5.41, 5.74) is 5.50. The van der Waals surface area contributed by atoms with Crippen molar-refractivity contribution in [2.75, 3.05) is 6.54 Å². The fourth-order valence-corrected chi connectivity index (χ4v) is 3.50. The van der Waals surface area contributed by atoms with Crippen molar-refractivity contribution in [3.05, 3.63) is 22.7 Å². The number of nitrogens with two attached hydrogens (primary N) is 1. The maximum atomic E-state index is 12.1. The van der Waals surface area contributed by atoms with E-state index in [1.54, 1.807) is 6.92 Å². The van der Waals surface area contributed by atoms with Crippen LogP contribution in [0.2, 0.25) is 0 Å². The highest BCUT2D eigenvalue weighted by molar-refractivity contribution is 9.10. The fourth-order valence-electron chi connectivity index (χ4n) is 1.40. The maximum absolute atomic E-state index is 12.1. The van der Waals surface area contributed by atoms with Gasteiger partial charge in [-0.15, -0.1) is 13.2 Å². The van der Waals surface area contributed by atoms with Gasteiger partial charge in [0, 0.05) is 17.1 Å². The van der Waals surface area contributed by atoms with Gasteiger partial charge in [-0.3, -0.25) is 0 Å². The molecule has 0 aliphatic carbocycles. The van der Waals surface area contributed by atoms with Gasteiger partial charge in [0.2, 0.25) is 10.0 Å². The minimum absolute atomic E-state index is 0.0300. The van der Waals surface area contributed by atoms with Gasteiger partial charge >= 0.3 is 6.36 Å². The fraction of sp³-hybridized carbons (Fsp3) is 0.455. The zero-order valence-electron chi connectivity index (χ0n) is 10.9. The molecule has 1 unspecified atom stereocenters. The first-order chi connectivity index (χ1) is 9.51. The Bertz CT molecular complexity index is 591. The second-order valence-corrected chi connectivity index (χ2v) is 6.89. The van der Waals surface area contributed by atoms with Crippen molar-refractivity contribution in [2.24, 2.45) is 5.73 Å². The average Bonchev–Trinajstić information content (AvgIpc) is 2.25. The second-order valence-electron chi connectivity index (χ2n) is 4.30. The number of sulfonamides is 1. The number of alkyl halides is 3. The standard InChI is InChI=1S/C11H14BrF3N2O3S/c1-7(16)4-5-17-21(18,19)10-3-2-8(6-9(10)12)20-11(13,14)15/h2-3,6-7,17H,4-5,16H2,1H3. The molecule has 0 aliphatic heterocycles. The third-order valence-electron chi connectivity index (χ3n) is 2.32. The van der Waals surface area contributed by atoms with Crippen molar-refractivity contribution in [3.8, 4) is 5.75 Å². The zero-order valence-corrected chi connectivity index (χ0v) is 13.3. The van der Waals surface area contributed by atoms with Crippen LogP contribution >= 0.6 is 15.9 Å². The summed E-state index contributed by atoms with van der Waals surface area (Å²) in [7, 11) is -3.84. The second kappa shape index (κ2) is 6.95. The third-order valence-corrected chi connectivity index (χ3v) is 4.76. The molecule has 0 aromatic heterocycles. The summed E-state index contributed by atoms with van der Waals surface area (Å²) in [6.45, 7) is 1.86. The van der Waals surface area contributed by atoms with Gasteiger partial charge in [0.15, 0.2) is 0 Å². The molecular formula is C11H14BrF3N2O3S. The Labute approximate surface area is 128 Å². The van der Waals surface area contributed by atoms with Crippen molar-refractivity contribution in [3.63, 3.8) is 0 Å². The number of hydrogen-bond donors (Lipinski definition) is 2. The number of halogens is 4. The average molecular weight is 391 g/mol. The van der Waals surface area contributed by atoms with Gasteiger partial charge in [-0.1, -0.05) is 0 Å². The summed E-state index contributed by atoms with van der Waals surface area (Å²) < 4.78 is 66.2. The third kappa shape index (κ3) is 6.20. The van der Waals surface area contributed by atoms with Crippen molar-refractivity contribution in [2.45, 2.75) is 30.6 Å². The highest BCUT2D eigenvalue weighted by Gasteiger charge is 2.31. The SMILES string of the molecule is CC(N)CCNS(=O)(=O)c1ccc(OC(F)(F)F)cc1Br. The zero-order chi connectivity index (χ0) is 16.3. The molecule has 0 radical (unpaired) electrons. The number of benzene rings is 1. The van der Waals surface area contributed by atoms with Crippen molar-refractivity contribution in [1.82, 2.24) is 4.72 Å².